The Balaban J connectivity index is 3.03. The Hall–Kier alpha value is 2.10. The Morgan fingerprint density at radius 3 is 2.05 bits per heavy atom. The molecule has 22 heavy (non-hydrogen) atoms. The lowest BCUT2D eigenvalue weighted by molar-refractivity contribution is 0.415. The smallest absolute Gasteiger partial charge is 0.0514 e. The fraction of sp³-hybridized carbons (Fsp3) is 1.00. The van der Waals surface area contributed by atoms with Gasteiger partial charge < -0.3 is 0 Å². The first-order valence-corrected chi connectivity index (χ1v) is 15.3. The van der Waals surface area contributed by atoms with Crippen LogP contribution in [0.3, 0.4) is 0 Å². The SMILES string of the molecule is CCSSCC1(SSCC)CCC(C)(CC)SSC1(C)CC. The van der Waals surface area contributed by atoms with Crippen LogP contribution >= 0.6 is 64.8 Å². The van der Waals surface area contributed by atoms with Crippen molar-refractivity contribution in [3.05, 3.63) is 0 Å². The summed E-state index contributed by atoms with van der Waals surface area (Å²) in [6.07, 6.45) is 5.25. The molecule has 3 unspecified atom stereocenters. The average molecular weight is 417 g/mol. The van der Waals surface area contributed by atoms with Crippen LogP contribution < -0.4 is 0 Å². The van der Waals surface area contributed by atoms with Gasteiger partial charge in [-0.05, 0) is 39.5 Å². The molecule has 0 spiro atoms. The third kappa shape index (κ3) is 5.55. The second-order valence-corrected chi connectivity index (χ2v) is 15.1. The third-order valence-electron chi connectivity index (χ3n) is 4.70. The summed E-state index contributed by atoms with van der Waals surface area (Å²) in [4.78, 5) is 0. The van der Waals surface area contributed by atoms with Gasteiger partial charge >= 0.3 is 0 Å². The molecule has 1 heterocycles. The maximum absolute atomic E-state index is 2.53. The van der Waals surface area contributed by atoms with E-state index in [1.807, 2.05) is 10.8 Å². The second-order valence-electron chi connectivity index (χ2n) is 6.21. The van der Waals surface area contributed by atoms with Gasteiger partial charge in [-0.15, -0.1) is 0 Å². The van der Waals surface area contributed by atoms with Crippen molar-refractivity contribution in [3.8, 4) is 0 Å². The molecule has 0 aromatic rings. The highest BCUT2D eigenvalue weighted by atomic mass is 33.1. The van der Waals surface area contributed by atoms with Crippen LogP contribution in [0, 0.1) is 0 Å². The predicted molar refractivity (Wildman–Crippen MR) is 121 cm³/mol. The van der Waals surface area contributed by atoms with Crippen LogP contribution in [-0.4, -0.2) is 31.5 Å². The van der Waals surface area contributed by atoms with Gasteiger partial charge in [-0.25, -0.2) is 0 Å². The normalized spacial score (nSPS) is 36.3. The monoisotopic (exact) mass is 416 g/mol. The van der Waals surface area contributed by atoms with Crippen molar-refractivity contribution in [2.75, 3.05) is 17.3 Å². The van der Waals surface area contributed by atoms with Gasteiger partial charge in [0, 0.05) is 26.8 Å². The first kappa shape index (κ1) is 22.1. The molecule has 1 aliphatic rings. The minimum atomic E-state index is 0.360. The predicted octanol–water partition coefficient (Wildman–Crippen LogP) is 8.04. The molecule has 1 rings (SSSR count). The van der Waals surface area contributed by atoms with E-state index in [0.717, 1.165) is 0 Å². The third-order valence-corrected chi connectivity index (χ3v) is 15.7. The van der Waals surface area contributed by atoms with E-state index in [0.29, 0.717) is 14.2 Å². The van der Waals surface area contributed by atoms with Crippen molar-refractivity contribution in [1.29, 1.82) is 0 Å². The minimum Gasteiger partial charge on any atom is -0.0944 e. The lowest BCUT2D eigenvalue weighted by Crippen LogP contribution is -2.47. The minimum absolute atomic E-state index is 0.360. The van der Waals surface area contributed by atoms with Gasteiger partial charge in [0.25, 0.3) is 0 Å². The van der Waals surface area contributed by atoms with Crippen LogP contribution in [0.25, 0.3) is 0 Å². The molecular weight excluding hydrogens is 385 g/mol. The summed E-state index contributed by atoms with van der Waals surface area (Å²) in [5.41, 5.74) is 0. The van der Waals surface area contributed by atoms with Crippen LogP contribution in [0.5, 0.6) is 0 Å². The molecule has 0 aliphatic carbocycles. The quantitative estimate of drug-likeness (QED) is 0.273. The van der Waals surface area contributed by atoms with E-state index in [4.69, 9.17) is 0 Å². The van der Waals surface area contributed by atoms with Gasteiger partial charge in [-0.1, -0.05) is 92.5 Å². The van der Waals surface area contributed by atoms with Crippen LogP contribution in [0.15, 0.2) is 0 Å². The summed E-state index contributed by atoms with van der Waals surface area (Å²) in [7, 11) is 12.8. The Morgan fingerprint density at radius 1 is 0.818 bits per heavy atom. The molecule has 0 nitrogen and oxygen atoms in total. The number of hydrogen-bond donors (Lipinski definition) is 0. The van der Waals surface area contributed by atoms with Crippen molar-refractivity contribution in [2.45, 2.75) is 81.5 Å². The summed E-state index contributed by atoms with van der Waals surface area (Å²) in [6.45, 7) is 14.3. The van der Waals surface area contributed by atoms with Crippen molar-refractivity contribution in [2.24, 2.45) is 0 Å². The lowest BCUT2D eigenvalue weighted by atomic mass is 9.84. The topological polar surface area (TPSA) is 0 Å². The standard InChI is InChI=1S/C16H32S6/c1-7-14(5)11-12-16(22-18-10-4,13-19-17-9-3)15(6,8-2)21-20-14/h7-13H2,1-6H3. The van der Waals surface area contributed by atoms with Crippen molar-refractivity contribution >= 4 is 64.8 Å². The molecule has 0 aromatic carbocycles. The molecule has 3 atom stereocenters. The van der Waals surface area contributed by atoms with Crippen LogP contribution in [0.4, 0.5) is 0 Å². The maximum atomic E-state index is 2.53. The van der Waals surface area contributed by atoms with E-state index < -0.39 is 0 Å². The van der Waals surface area contributed by atoms with Gasteiger partial charge in [-0.2, -0.15) is 0 Å². The highest BCUT2D eigenvalue weighted by Gasteiger charge is 2.52. The molecule has 0 saturated carbocycles. The van der Waals surface area contributed by atoms with Crippen molar-refractivity contribution in [1.82, 2.24) is 0 Å². The van der Waals surface area contributed by atoms with Crippen LogP contribution in [0.2, 0.25) is 0 Å². The maximum Gasteiger partial charge on any atom is 0.0514 e. The number of rotatable bonds is 9. The van der Waals surface area contributed by atoms with Gasteiger partial charge in [0.1, 0.15) is 0 Å². The van der Waals surface area contributed by atoms with Crippen molar-refractivity contribution in [3.63, 3.8) is 0 Å². The van der Waals surface area contributed by atoms with Gasteiger partial charge in [0.2, 0.25) is 0 Å². The molecule has 132 valence electrons. The van der Waals surface area contributed by atoms with Crippen molar-refractivity contribution < 1.29 is 0 Å². The largest absolute Gasteiger partial charge is 0.0944 e. The lowest BCUT2D eigenvalue weighted by Gasteiger charge is -2.45. The molecular formula is C16H32S6. The zero-order valence-corrected chi connectivity index (χ0v) is 19.8. The van der Waals surface area contributed by atoms with E-state index in [2.05, 4.69) is 95.5 Å². The zero-order valence-electron chi connectivity index (χ0n) is 14.9. The van der Waals surface area contributed by atoms with Gasteiger partial charge in [0.05, 0.1) is 4.75 Å². The molecule has 0 bridgehead atoms. The summed E-state index contributed by atoms with van der Waals surface area (Å²) in [6, 6.07) is 0. The summed E-state index contributed by atoms with van der Waals surface area (Å²) in [5, 5.41) is 0. The molecule has 0 N–H and O–H groups in total. The Morgan fingerprint density at radius 2 is 1.50 bits per heavy atom. The van der Waals surface area contributed by atoms with E-state index in [1.54, 1.807) is 0 Å². The summed E-state index contributed by atoms with van der Waals surface area (Å²) in [5.74, 6) is 3.70. The van der Waals surface area contributed by atoms with Gasteiger partial charge in [0.15, 0.2) is 0 Å². The molecule has 1 fully saturated rings. The highest BCUT2D eigenvalue weighted by molar-refractivity contribution is 8.80. The molecule has 1 saturated heterocycles. The second kappa shape index (κ2) is 10.3. The Kier molecular flexibility index (Phi) is 10.4. The molecule has 0 radical (unpaired) electrons. The molecule has 6 heteroatoms. The fourth-order valence-electron chi connectivity index (χ4n) is 2.43. The molecule has 0 amide bonds. The van der Waals surface area contributed by atoms with Crippen LogP contribution in [-0.2, 0) is 0 Å². The molecule has 1 aliphatic heterocycles. The Bertz CT molecular complexity index is 326. The summed E-state index contributed by atoms with van der Waals surface area (Å²) >= 11 is 0. The first-order chi connectivity index (χ1) is 10.4. The first-order valence-electron chi connectivity index (χ1n) is 8.32. The van der Waals surface area contributed by atoms with Gasteiger partial charge in [-0.3, -0.25) is 0 Å². The fourth-order valence-corrected chi connectivity index (χ4v) is 12.8. The highest BCUT2D eigenvalue weighted by Crippen LogP contribution is 2.63. The molecule has 0 aromatic heterocycles. The number of hydrogen-bond acceptors (Lipinski definition) is 6. The van der Waals surface area contributed by atoms with E-state index >= 15 is 0 Å². The Labute approximate surface area is 162 Å². The zero-order chi connectivity index (χ0) is 16.7. The van der Waals surface area contributed by atoms with E-state index in [1.165, 1.54) is 42.9 Å². The summed E-state index contributed by atoms with van der Waals surface area (Å²) < 4.78 is 1.20. The van der Waals surface area contributed by atoms with Crippen LogP contribution in [0.1, 0.15) is 67.2 Å². The van der Waals surface area contributed by atoms with E-state index in [9.17, 15) is 0 Å². The van der Waals surface area contributed by atoms with E-state index in [-0.39, 0.29) is 0 Å². The average Bonchev–Trinajstić information content (AvgIpc) is 2.64.